The van der Waals surface area contributed by atoms with Crippen LogP contribution in [0.5, 0.6) is 0 Å². The van der Waals surface area contributed by atoms with Crippen LogP contribution >= 0.6 is 11.8 Å². The summed E-state index contributed by atoms with van der Waals surface area (Å²) in [6.45, 7) is 0. The standard InChI is InChI=1S/C39H28N4S/c40-23-24-13-15-25(16-14-24)38-30-9-1-4-10-33(30)41-39(42-38)26-17-19-27(20-18-26)43-34-11-5-2-7-28(34)31-22-37-32(21-35(31)43)29-8-3-6-12-36(29)44-37/h1-15,17-21,25,37-38H,16,22H2,(H,41,42). The number of benzene rings is 4. The van der Waals surface area contributed by atoms with Crippen LogP contribution in [0.3, 0.4) is 0 Å². The molecular formula is C39H28N4S. The van der Waals surface area contributed by atoms with Crippen LogP contribution in [0.1, 0.15) is 40.4 Å². The molecule has 3 unspecified atom stereocenters. The predicted molar refractivity (Wildman–Crippen MR) is 181 cm³/mol. The van der Waals surface area contributed by atoms with Crippen molar-refractivity contribution < 1.29 is 0 Å². The topological polar surface area (TPSA) is 53.1 Å². The summed E-state index contributed by atoms with van der Waals surface area (Å²) >= 11 is 2.00. The summed E-state index contributed by atoms with van der Waals surface area (Å²) in [5.74, 6) is 1.09. The lowest BCUT2D eigenvalue weighted by Crippen LogP contribution is -2.25. The van der Waals surface area contributed by atoms with E-state index in [4.69, 9.17) is 4.99 Å². The first kappa shape index (κ1) is 25.4. The zero-order valence-corrected chi connectivity index (χ0v) is 24.8. The van der Waals surface area contributed by atoms with E-state index in [0.29, 0.717) is 5.25 Å². The molecule has 9 rings (SSSR count). The molecule has 2 aliphatic carbocycles. The Kier molecular flexibility index (Phi) is 5.79. The van der Waals surface area contributed by atoms with Crippen LogP contribution in [0.4, 0.5) is 5.69 Å². The van der Waals surface area contributed by atoms with Gasteiger partial charge in [0, 0.05) is 49.5 Å². The van der Waals surface area contributed by atoms with Crippen LogP contribution in [0.2, 0.25) is 0 Å². The zero-order chi connectivity index (χ0) is 29.2. The number of aromatic nitrogens is 1. The molecule has 5 aromatic rings. The Morgan fingerprint density at radius 2 is 1.73 bits per heavy atom. The molecule has 0 spiro atoms. The number of aliphatic imine (C=N–C) groups is 1. The van der Waals surface area contributed by atoms with Crippen LogP contribution in [-0.2, 0) is 6.42 Å². The highest BCUT2D eigenvalue weighted by Crippen LogP contribution is 2.51. The summed E-state index contributed by atoms with van der Waals surface area (Å²) in [6, 6.07) is 37.2. The van der Waals surface area contributed by atoms with Gasteiger partial charge in [-0.3, -0.25) is 4.99 Å². The second kappa shape index (κ2) is 10.0. The summed E-state index contributed by atoms with van der Waals surface area (Å²) in [5.41, 5.74) is 12.0. The fourth-order valence-electron chi connectivity index (χ4n) is 7.26. The van der Waals surface area contributed by atoms with Crippen molar-refractivity contribution in [3.05, 3.63) is 149 Å². The lowest BCUT2D eigenvalue weighted by Gasteiger charge is -2.30. The second-order valence-corrected chi connectivity index (χ2v) is 13.1. The van der Waals surface area contributed by atoms with E-state index in [1.54, 1.807) is 0 Å². The third kappa shape index (κ3) is 3.95. The lowest BCUT2D eigenvalue weighted by atomic mass is 9.85. The first-order chi connectivity index (χ1) is 21.7. The van der Waals surface area contributed by atoms with Gasteiger partial charge in [-0.15, -0.1) is 11.8 Å². The number of nitriles is 1. The van der Waals surface area contributed by atoms with Gasteiger partial charge in [-0.2, -0.15) is 5.26 Å². The number of para-hydroxylation sites is 2. The van der Waals surface area contributed by atoms with Gasteiger partial charge in [0.25, 0.3) is 0 Å². The fraction of sp³-hybridized carbons (Fsp3) is 0.128. The number of anilines is 1. The minimum Gasteiger partial charge on any atom is -0.340 e. The fourth-order valence-corrected chi connectivity index (χ4v) is 8.61. The van der Waals surface area contributed by atoms with Crippen LogP contribution < -0.4 is 5.32 Å². The number of nitrogens with zero attached hydrogens (tertiary/aromatic N) is 3. The maximum absolute atomic E-state index is 9.32. The number of rotatable bonds is 3. The molecule has 210 valence electrons. The van der Waals surface area contributed by atoms with E-state index in [0.717, 1.165) is 41.2 Å². The van der Waals surface area contributed by atoms with Crippen molar-refractivity contribution in [1.82, 2.24) is 4.57 Å². The Labute approximate surface area is 260 Å². The summed E-state index contributed by atoms with van der Waals surface area (Å²) in [4.78, 5) is 6.65. The molecule has 0 saturated heterocycles. The lowest BCUT2D eigenvalue weighted by molar-refractivity contribution is 0.523. The van der Waals surface area contributed by atoms with Gasteiger partial charge in [0.15, 0.2) is 0 Å². The van der Waals surface area contributed by atoms with Gasteiger partial charge in [0.2, 0.25) is 0 Å². The highest BCUT2D eigenvalue weighted by molar-refractivity contribution is 8.00. The number of hydrogen-bond donors (Lipinski definition) is 1. The van der Waals surface area contributed by atoms with Gasteiger partial charge < -0.3 is 9.88 Å². The van der Waals surface area contributed by atoms with E-state index in [9.17, 15) is 5.26 Å². The Hall–Kier alpha value is -5.05. The van der Waals surface area contributed by atoms with Crippen molar-refractivity contribution in [3.8, 4) is 11.8 Å². The largest absolute Gasteiger partial charge is 0.340 e. The summed E-state index contributed by atoms with van der Waals surface area (Å²) < 4.78 is 2.43. The molecule has 5 heteroatoms. The van der Waals surface area contributed by atoms with Crippen LogP contribution in [0, 0.1) is 17.2 Å². The SMILES string of the molecule is N#CC1=CCC(C2N=C(c3ccc(-n4c5c(c6ccccc64)CC4Sc6ccccc6C4=C5)cc3)Nc3ccccc32)C=C1. The Morgan fingerprint density at radius 3 is 2.59 bits per heavy atom. The van der Waals surface area contributed by atoms with Crippen molar-refractivity contribution in [3.63, 3.8) is 0 Å². The van der Waals surface area contributed by atoms with E-state index >= 15 is 0 Å². The average molecular weight is 585 g/mol. The minimum absolute atomic E-state index is 0.0120. The molecule has 4 aliphatic rings. The maximum Gasteiger partial charge on any atom is 0.133 e. The first-order valence-corrected chi connectivity index (χ1v) is 16.1. The average Bonchev–Trinajstić information content (AvgIpc) is 3.61. The number of allylic oxidation sites excluding steroid dienone is 3. The predicted octanol–water partition coefficient (Wildman–Crippen LogP) is 9.14. The maximum atomic E-state index is 9.32. The third-order valence-corrected chi connectivity index (χ3v) is 10.7. The number of thioether (sulfide) groups is 1. The van der Waals surface area contributed by atoms with Crippen molar-refractivity contribution >= 4 is 45.8 Å². The van der Waals surface area contributed by atoms with Gasteiger partial charge in [-0.05, 0) is 84.2 Å². The number of fused-ring (bicyclic) bond motifs is 7. The molecule has 0 amide bonds. The highest BCUT2D eigenvalue weighted by atomic mass is 32.2. The number of amidine groups is 1. The molecule has 4 nitrogen and oxygen atoms in total. The van der Waals surface area contributed by atoms with E-state index in [1.807, 2.05) is 23.9 Å². The molecule has 2 aliphatic heterocycles. The Bertz CT molecular complexity index is 2150. The molecule has 0 bridgehead atoms. The van der Waals surface area contributed by atoms with Gasteiger partial charge >= 0.3 is 0 Å². The van der Waals surface area contributed by atoms with Gasteiger partial charge in [0.1, 0.15) is 5.84 Å². The molecule has 0 fully saturated rings. The van der Waals surface area contributed by atoms with Gasteiger partial charge in [-0.25, -0.2) is 0 Å². The van der Waals surface area contributed by atoms with Crippen molar-refractivity contribution in [2.75, 3.05) is 5.32 Å². The Balaban J connectivity index is 1.11. The highest BCUT2D eigenvalue weighted by Gasteiger charge is 2.34. The minimum atomic E-state index is -0.0120. The van der Waals surface area contributed by atoms with E-state index in [2.05, 4.69) is 125 Å². The van der Waals surface area contributed by atoms with Crippen molar-refractivity contribution in [2.24, 2.45) is 10.9 Å². The van der Waals surface area contributed by atoms with E-state index in [1.165, 1.54) is 43.8 Å². The molecule has 0 radical (unpaired) electrons. The molecule has 1 aromatic heterocycles. The van der Waals surface area contributed by atoms with Gasteiger partial charge in [0.05, 0.1) is 23.3 Å². The molecular weight excluding hydrogens is 557 g/mol. The Morgan fingerprint density at radius 1 is 0.909 bits per heavy atom. The number of hydrogen-bond acceptors (Lipinski definition) is 4. The molecule has 4 aromatic carbocycles. The van der Waals surface area contributed by atoms with Gasteiger partial charge in [-0.1, -0.05) is 66.7 Å². The molecule has 3 atom stereocenters. The van der Waals surface area contributed by atoms with Crippen LogP contribution in [0.15, 0.2) is 131 Å². The summed E-state index contributed by atoms with van der Waals surface area (Å²) in [5, 5.41) is 14.7. The summed E-state index contributed by atoms with van der Waals surface area (Å²) in [7, 11) is 0. The first-order valence-electron chi connectivity index (χ1n) is 15.2. The summed E-state index contributed by atoms with van der Waals surface area (Å²) in [6.07, 6.45) is 10.4. The van der Waals surface area contributed by atoms with E-state index in [-0.39, 0.29) is 12.0 Å². The smallest absolute Gasteiger partial charge is 0.133 e. The molecule has 0 saturated carbocycles. The second-order valence-electron chi connectivity index (χ2n) is 11.8. The third-order valence-electron chi connectivity index (χ3n) is 9.38. The van der Waals surface area contributed by atoms with Crippen LogP contribution in [-0.4, -0.2) is 15.7 Å². The number of nitrogens with one attached hydrogen (secondary N) is 1. The van der Waals surface area contributed by atoms with Crippen molar-refractivity contribution in [2.45, 2.75) is 29.0 Å². The quantitative estimate of drug-likeness (QED) is 0.230. The van der Waals surface area contributed by atoms with E-state index < -0.39 is 0 Å². The molecule has 44 heavy (non-hydrogen) atoms. The zero-order valence-electron chi connectivity index (χ0n) is 23.9. The molecule has 1 N–H and O–H groups in total. The monoisotopic (exact) mass is 584 g/mol. The van der Waals surface area contributed by atoms with Crippen LogP contribution in [0.25, 0.3) is 28.2 Å². The normalized spacial score (nSPS) is 21.2. The van der Waals surface area contributed by atoms with Crippen molar-refractivity contribution in [1.29, 1.82) is 5.26 Å². The molecule has 3 heterocycles.